The topological polar surface area (TPSA) is 18.6 Å². The molecule has 286 valence electrons. The van der Waals surface area contributed by atoms with E-state index in [1.165, 1.54) is 12.1 Å². The zero-order chi connectivity index (χ0) is 41.3. The predicted molar refractivity (Wildman–Crippen MR) is 238 cm³/mol. The van der Waals surface area contributed by atoms with Crippen molar-refractivity contribution in [2.75, 3.05) is 0 Å². The molecule has 8 aromatic carbocycles. The van der Waals surface area contributed by atoms with Gasteiger partial charge in [-0.25, -0.2) is 9.69 Å². The molecule has 0 saturated carbocycles. The molecule has 2 aromatic heterocycles. The Morgan fingerprint density at radius 1 is 0.433 bits per heavy atom. The van der Waals surface area contributed by atoms with E-state index >= 15 is 0 Å². The largest absolute Gasteiger partial charge is 0.415 e. The van der Waals surface area contributed by atoms with E-state index in [1.807, 2.05) is 43.3 Å². The number of benzene rings is 8. The second kappa shape index (κ2) is 13.9. The number of aromatic nitrogens is 2. The number of halogens is 3. The summed E-state index contributed by atoms with van der Waals surface area (Å²) in [5.41, 5.74) is 9.47. The summed E-state index contributed by atoms with van der Waals surface area (Å²) in [4.78, 5) is 7.49. The standard InChI is InChI=1S/C53H33F3N4/c1-32-16-20-34(21-17-32)36-24-26-40-38-10-5-7-14-46(38)59(48(40)28-36)50-30-42(52-43(53(54,55)56)12-9-13-44(52)57-3)45(58-4)31-51(50)60-47-15-8-6-11-39(47)41-27-25-37(29-49(41)60)35-22-18-33(2)19-23-35/h5-31H,1-2H3. The molecule has 0 atom stereocenters. The van der Waals surface area contributed by atoms with Crippen LogP contribution in [0, 0.1) is 27.0 Å². The van der Waals surface area contributed by atoms with Gasteiger partial charge in [0, 0.05) is 21.5 Å². The number of aryl methyl sites for hydroxylation is 2. The molecule has 0 saturated heterocycles. The zero-order valence-corrected chi connectivity index (χ0v) is 32.5. The molecular weight excluding hydrogens is 750 g/mol. The fourth-order valence-corrected chi connectivity index (χ4v) is 8.68. The minimum atomic E-state index is -4.79. The van der Waals surface area contributed by atoms with Crippen molar-refractivity contribution < 1.29 is 13.2 Å². The Morgan fingerprint density at radius 2 is 0.883 bits per heavy atom. The Balaban J connectivity index is 1.39. The van der Waals surface area contributed by atoms with Crippen LogP contribution in [0.1, 0.15) is 16.7 Å². The molecule has 0 unspecified atom stereocenters. The maximum Gasteiger partial charge on any atom is 0.415 e. The lowest BCUT2D eigenvalue weighted by Gasteiger charge is -2.22. The van der Waals surface area contributed by atoms with Gasteiger partial charge in [-0.3, -0.25) is 0 Å². The van der Waals surface area contributed by atoms with Gasteiger partial charge in [0.25, 0.3) is 0 Å². The van der Waals surface area contributed by atoms with E-state index in [0.717, 1.165) is 83.1 Å². The lowest BCUT2D eigenvalue weighted by Crippen LogP contribution is -2.08. The van der Waals surface area contributed by atoms with Crippen LogP contribution >= 0.6 is 0 Å². The molecule has 2 heterocycles. The summed E-state index contributed by atoms with van der Waals surface area (Å²) in [5.74, 6) is 0. The first-order chi connectivity index (χ1) is 29.1. The van der Waals surface area contributed by atoms with Gasteiger partial charge in [0.15, 0.2) is 11.4 Å². The molecule has 10 rings (SSSR count). The van der Waals surface area contributed by atoms with Crippen molar-refractivity contribution >= 4 is 55.0 Å². The highest BCUT2D eigenvalue weighted by molar-refractivity contribution is 6.13. The first-order valence-electron chi connectivity index (χ1n) is 19.5. The van der Waals surface area contributed by atoms with Gasteiger partial charge in [0.05, 0.1) is 52.1 Å². The highest BCUT2D eigenvalue weighted by Gasteiger charge is 2.36. The van der Waals surface area contributed by atoms with E-state index < -0.39 is 11.7 Å². The maximum absolute atomic E-state index is 15.0. The molecular formula is C53H33F3N4. The second-order valence-electron chi connectivity index (χ2n) is 15.2. The van der Waals surface area contributed by atoms with Gasteiger partial charge in [-0.1, -0.05) is 139 Å². The number of nitrogens with zero attached hydrogens (tertiary/aromatic N) is 4. The van der Waals surface area contributed by atoms with Gasteiger partial charge in [0.2, 0.25) is 0 Å². The summed E-state index contributed by atoms with van der Waals surface area (Å²) in [6, 6.07) is 52.4. The molecule has 0 spiro atoms. The van der Waals surface area contributed by atoms with Gasteiger partial charge < -0.3 is 9.13 Å². The first-order valence-corrected chi connectivity index (χ1v) is 19.5. The highest BCUT2D eigenvalue weighted by Crippen LogP contribution is 2.49. The molecule has 0 N–H and O–H groups in total. The van der Waals surface area contributed by atoms with Gasteiger partial charge in [-0.05, 0) is 83.6 Å². The lowest BCUT2D eigenvalue weighted by atomic mass is 9.94. The average molecular weight is 783 g/mol. The second-order valence-corrected chi connectivity index (χ2v) is 15.2. The fourth-order valence-electron chi connectivity index (χ4n) is 8.68. The van der Waals surface area contributed by atoms with Crippen molar-refractivity contribution in [1.82, 2.24) is 9.13 Å². The number of hydrogen-bond donors (Lipinski definition) is 0. The predicted octanol–water partition coefficient (Wildman–Crippen LogP) is 15.6. The molecule has 0 bridgehead atoms. The normalized spacial score (nSPS) is 11.7. The van der Waals surface area contributed by atoms with Crippen LogP contribution < -0.4 is 0 Å². The number of rotatable bonds is 5. The SMILES string of the molecule is [C-]#[N+]c1cc(-n2c3ccccc3c3ccc(-c4ccc(C)cc4)cc32)c(-n2c3ccccc3c3ccc(-c4ccc(C)cc4)cc32)cc1-c1c([N+]#[C-])cccc1C(F)(F)F. The Kier molecular flexibility index (Phi) is 8.45. The number of para-hydroxylation sites is 2. The molecule has 0 radical (unpaired) electrons. The molecule has 4 nitrogen and oxygen atoms in total. The molecule has 60 heavy (non-hydrogen) atoms. The third-order valence-corrected chi connectivity index (χ3v) is 11.6. The van der Waals surface area contributed by atoms with Crippen LogP contribution in [-0.2, 0) is 6.18 Å². The van der Waals surface area contributed by atoms with Crippen molar-refractivity contribution in [1.29, 1.82) is 0 Å². The Hall–Kier alpha value is -7.87. The van der Waals surface area contributed by atoms with E-state index in [9.17, 15) is 13.2 Å². The van der Waals surface area contributed by atoms with E-state index in [-0.39, 0.29) is 22.5 Å². The van der Waals surface area contributed by atoms with Crippen molar-refractivity contribution in [3.8, 4) is 44.8 Å². The van der Waals surface area contributed by atoms with Crippen LogP contribution in [0.15, 0.2) is 164 Å². The van der Waals surface area contributed by atoms with Crippen LogP contribution in [0.25, 0.3) is 98.1 Å². The Morgan fingerprint density at radius 3 is 1.37 bits per heavy atom. The summed E-state index contributed by atoms with van der Waals surface area (Å²) in [6.45, 7) is 20.6. The summed E-state index contributed by atoms with van der Waals surface area (Å²) in [7, 11) is 0. The van der Waals surface area contributed by atoms with Gasteiger partial charge >= 0.3 is 6.18 Å². The molecule has 10 aromatic rings. The van der Waals surface area contributed by atoms with Crippen LogP contribution in [0.4, 0.5) is 24.5 Å². The number of hydrogen-bond acceptors (Lipinski definition) is 0. The highest BCUT2D eigenvalue weighted by atomic mass is 19.4. The molecule has 0 amide bonds. The molecule has 0 aliphatic carbocycles. The third-order valence-electron chi connectivity index (χ3n) is 11.6. The zero-order valence-electron chi connectivity index (χ0n) is 32.5. The van der Waals surface area contributed by atoms with E-state index in [2.05, 4.69) is 123 Å². The number of fused-ring (bicyclic) bond motifs is 6. The monoisotopic (exact) mass is 782 g/mol. The van der Waals surface area contributed by atoms with Gasteiger partial charge in [-0.2, -0.15) is 13.2 Å². The fraction of sp³-hybridized carbons (Fsp3) is 0.0566. The average Bonchev–Trinajstić information content (AvgIpc) is 3.77. The Bertz CT molecular complexity index is 3450. The van der Waals surface area contributed by atoms with Crippen LogP contribution in [0.3, 0.4) is 0 Å². The quantitative estimate of drug-likeness (QED) is 0.155. The van der Waals surface area contributed by atoms with E-state index in [0.29, 0.717) is 11.4 Å². The van der Waals surface area contributed by atoms with Crippen LogP contribution in [0.5, 0.6) is 0 Å². The smallest absolute Gasteiger partial charge is 0.308 e. The van der Waals surface area contributed by atoms with Gasteiger partial charge in [0.1, 0.15) is 0 Å². The summed E-state index contributed by atoms with van der Waals surface area (Å²) in [5, 5.41) is 3.90. The van der Waals surface area contributed by atoms with Gasteiger partial charge in [-0.15, -0.1) is 0 Å². The van der Waals surface area contributed by atoms with Crippen LogP contribution in [-0.4, -0.2) is 9.13 Å². The van der Waals surface area contributed by atoms with Crippen LogP contribution in [0.2, 0.25) is 0 Å². The molecule has 7 heteroatoms. The number of alkyl halides is 3. The Labute approximate surface area is 344 Å². The lowest BCUT2D eigenvalue weighted by molar-refractivity contribution is -0.137. The van der Waals surface area contributed by atoms with Crippen molar-refractivity contribution in [3.05, 3.63) is 203 Å². The minimum Gasteiger partial charge on any atom is -0.308 e. The summed E-state index contributed by atoms with van der Waals surface area (Å²) < 4.78 is 49.1. The van der Waals surface area contributed by atoms with Crippen molar-refractivity contribution in [2.24, 2.45) is 0 Å². The first kappa shape index (κ1) is 36.5. The summed E-state index contributed by atoms with van der Waals surface area (Å²) in [6.07, 6.45) is -4.79. The van der Waals surface area contributed by atoms with Crippen molar-refractivity contribution in [3.63, 3.8) is 0 Å². The van der Waals surface area contributed by atoms with E-state index in [4.69, 9.17) is 13.1 Å². The molecule has 0 aliphatic rings. The minimum absolute atomic E-state index is 0.00270. The molecule has 0 aliphatic heterocycles. The summed E-state index contributed by atoms with van der Waals surface area (Å²) >= 11 is 0. The molecule has 0 fully saturated rings. The third kappa shape index (κ3) is 5.82. The van der Waals surface area contributed by atoms with E-state index in [1.54, 1.807) is 12.1 Å². The van der Waals surface area contributed by atoms with Crippen molar-refractivity contribution in [2.45, 2.75) is 20.0 Å². The maximum atomic E-state index is 15.0.